The molecule has 1 aromatic carbocycles. The number of nitrogens with zero attached hydrogens (tertiary/aromatic N) is 2. The summed E-state index contributed by atoms with van der Waals surface area (Å²) in [5, 5.41) is 9.58. The number of nitrogens with one attached hydrogen (secondary N) is 2. The van der Waals surface area contributed by atoms with Crippen LogP contribution in [-0.2, 0) is 0 Å². The van der Waals surface area contributed by atoms with Gasteiger partial charge >= 0.3 is 0 Å². The lowest BCUT2D eigenvalue weighted by Gasteiger charge is -2.13. The van der Waals surface area contributed by atoms with E-state index in [1.807, 2.05) is 20.8 Å². The van der Waals surface area contributed by atoms with Gasteiger partial charge in [-0.15, -0.1) is 5.10 Å². The molecule has 0 bridgehead atoms. The lowest BCUT2D eigenvalue weighted by atomic mass is 10.1. The van der Waals surface area contributed by atoms with Crippen molar-refractivity contribution in [1.82, 2.24) is 14.9 Å². The summed E-state index contributed by atoms with van der Waals surface area (Å²) in [6, 6.07) is 5.34. The van der Waals surface area contributed by atoms with Crippen LogP contribution in [0.15, 0.2) is 18.2 Å². The lowest BCUT2D eigenvalue weighted by molar-refractivity contribution is 0.0938. The standard InChI is InChI=1S/C16H20N4O2S/c1-5-10(3)17-15(21)12-6-7-13(9(2)8-12)18-16(22)14-11(4)19-20-23-14/h6-8,10H,5H2,1-4H3,(H,17,21)(H,18,22)/t10-/m1/s1. The Labute approximate surface area is 139 Å². The predicted octanol–water partition coefficient (Wildman–Crippen LogP) is 2.94. The van der Waals surface area contributed by atoms with Gasteiger partial charge in [-0.1, -0.05) is 11.4 Å². The minimum absolute atomic E-state index is 0.108. The van der Waals surface area contributed by atoms with Crippen molar-refractivity contribution < 1.29 is 9.59 Å². The third-order valence-corrected chi connectivity index (χ3v) is 4.41. The van der Waals surface area contributed by atoms with E-state index in [4.69, 9.17) is 0 Å². The maximum absolute atomic E-state index is 12.2. The van der Waals surface area contributed by atoms with Gasteiger partial charge in [0.05, 0.1) is 5.69 Å². The molecular formula is C16H20N4O2S. The van der Waals surface area contributed by atoms with Crippen LogP contribution in [0.5, 0.6) is 0 Å². The molecular weight excluding hydrogens is 312 g/mol. The number of rotatable bonds is 5. The molecule has 1 aromatic heterocycles. The molecule has 23 heavy (non-hydrogen) atoms. The summed E-state index contributed by atoms with van der Waals surface area (Å²) in [4.78, 5) is 24.8. The van der Waals surface area contributed by atoms with Crippen molar-refractivity contribution in [3.63, 3.8) is 0 Å². The van der Waals surface area contributed by atoms with Crippen LogP contribution in [0.4, 0.5) is 5.69 Å². The average Bonchev–Trinajstić information content (AvgIpc) is 2.95. The minimum atomic E-state index is -0.239. The number of hydrogen-bond acceptors (Lipinski definition) is 5. The molecule has 1 heterocycles. The van der Waals surface area contributed by atoms with E-state index in [9.17, 15) is 9.59 Å². The summed E-state index contributed by atoms with van der Waals surface area (Å²) in [6.45, 7) is 7.58. The zero-order valence-corrected chi connectivity index (χ0v) is 14.5. The van der Waals surface area contributed by atoms with Crippen LogP contribution in [0, 0.1) is 13.8 Å². The van der Waals surface area contributed by atoms with E-state index >= 15 is 0 Å². The highest BCUT2D eigenvalue weighted by Crippen LogP contribution is 2.19. The van der Waals surface area contributed by atoms with Crippen molar-refractivity contribution in [3.8, 4) is 0 Å². The zero-order valence-electron chi connectivity index (χ0n) is 13.6. The number of carbonyl (C=O) groups is 2. The van der Waals surface area contributed by atoms with Gasteiger partial charge in [0.25, 0.3) is 11.8 Å². The Kier molecular flexibility index (Phi) is 5.44. The van der Waals surface area contributed by atoms with Crippen molar-refractivity contribution in [2.75, 3.05) is 5.32 Å². The average molecular weight is 332 g/mol. The van der Waals surface area contributed by atoms with E-state index in [-0.39, 0.29) is 17.9 Å². The highest BCUT2D eigenvalue weighted by molar-refractivity contribution is 7.08. The van der Waals surface area contributed by atoms with Crippen LogP contribution in [0.25, 0.3) is 0 Å². The van der Waals surface area contributed by atoms with Crippen molar-refractivity contribution in [2.45, 2.75) is 40.2 Å². The van der Waals surface area contributed by atoms with Gasteiger partial charge in [0.2, 0.25) is 0 Å². The number of benzene rings is 1. The molecule has 0 saturated carbocycles. The van der Waals surface area contributed by atoms with Gasteiger partial charge in [0.15, 0.2) is 0 Å². The van der Waals surface area contributed by atoms with Crippen LogP contribution in [0.1, 0.15) is 51.6 Å². The Morgan fingerprint density at radius 2 is 2.00 bits per heavy atom. The van der Waals surface area contributed by atoms with E-state index in [0.717, 1.165) is 23.5 Å². The smallest absolute Gasteiger partial charge is 0.269 e. The Bertz CT molecular complexity index is 727. The molecule has 0 radical (unpaired) electrons. The molecule has 6 nitrogen and oxygen atoms in total. The monoisotopic (exact) mass is 332 g/mol. The summed E-state index contributed by atoms with van der Waals surface area (Å²) < 4.78 is 3.76. The number of carbonyl (C=O) groups excluding carboxylic acids is 2. The van der Waals surface area contributed by atoms with E-state index in [1.54, 1.807) is 25.1 Å². The molecule has 2 rings (SSSR count). The Hall–Kier alpha value is -2.28. The summed E-state index contributed by atoms with van der Waals surface area (Å²) in [7, 11) is 0. The molecule has 7 heteroatoms. The van der Waals surface area contributed by atoms with Gasteiger partial charge in [-0.25, -0.2) is 0 Å². The Balaban J connectivity index is 2.12. The van der Waals surface area contributed by atoms with Crippen molar-refractivity contribution in [3.05, 3.63) is 39.9 Å². The summed E-state index contributed by atoms with van der Waals surface area (Å²) in [5.74, 6) is -0.347. The van der Waals surface area contributed by atoms with E-state index in [2.05, 4.69) is 20.2 Å². The Morgan fingerprint density at radius 1 is 1.26 bits per heavy atom. The van der Waals surface area contributed by atoms with Crippen molar-refractivity contribution >= 4 is 29.0 Å². The first kappa shape index (κ1) is 17.1. The second-order valence-electron chi connectivity index (χ2n) is 5.45. The zero-order chi connectivity index (χ0) is 17.0. The molecule has 0 unspecified atom stereocenters. The predicted molar refractivity (Wildman–Crippen MR) is 91.0 cm³/mol. The highest BCUT2D eigenvalue weighted by atomic mass is 32.1. The van der Waals surface area contributed by atoms with Crippen molar-refractivity contribution in [1.29, 1.82) is 0 Å². The second-order valence-corrected chi connectivity index (χ2v) is 6.21. The summed E-state index contributed by atoms with van der Waals surface area (Å²) in [6.07, 6.45) is 0.876. The highest BCUT2D eigenvalue weighted by Gasteiger charge is 2.15. The van der Waals surface area contributed by atoms with Gasteiger partial charge in [-0.3, -0.25) is 9.59 Å². The van der Waals surface area contributed by atoms with Crippen LogP contribution in [0.3, 0.4) is 0 Å². The van der Waals surface area contributed by atoms with Gasteiger partial charge in [0.1, 0.15) is 4.88 Å². The molecule has 0 aliphatic carbocycles. The first-order valence-corrected chi connectivity index (χ1v) is 8.21. The molecule has 2 amide bonds. The third-order valence-electron chi connectivity index (χ3n) is 3.58. The SMILES string of the molecule is CC[C@@H](C)NC(=O)c1ccc(NC(=O)c2snnc2C)c(C)c1. The lowest BCUT2D eigenvalue weighted by Crippen LogP contribution is -2.31. The van der Waals surface area contributed by atoms with Crippen LogP contribution < -0.4 is 10.6 Å². The summed E-state index contributed by atoms with van der Waals surface area (Å²) in [5.41, 5.74) is 2.68. The topological polar surface area (TPSA) is 84.0 Å². The first-order valence-electron chi connectivity index (χ1n) is 7.44. The van der Waals surface area contributed by atoms with Gasteiger partial charge < -0.3 is 10.6 Å². The molecule has 1 atom stereocenters. The van der Waals surface area contributed by atoms with Gasteiger partial charge in [-0.2, -0.15) is 0 Å². The summed E-state index contributed by atoms with van der Waals surface area (Å²) >= 11 is 1.06. The van der Waals surface area contributed by atoms with E-state index in [1.165, 1.54) is 0 Å². The number of aromatic nitrogens is 2. The fourth-order valence-corrected chi connectivity index (χ4v) is 2.52. The van der Waals surface area contributed by atoms with Crippen LogP contribution in [-0.4, -0.2) is 27.4 Å². The van der Waals surface area contributed by atoms with E-state index in [0.29, 0.717) is 21.8 Å². The molecule has 0 aliphatic rings. The first-order chi connectivity index (χ1) is 10.9. The third kappa shape index (κ3) is 4.13. The fourth-order valence-electron chi connectivity index (χ4n) is 1.97. The molecule has 122 valence electrons. The fraction of sp³-hybridized carbons (Fsp3) is 0.375. The Morgan fingerprint density at radius 3 is 2.57 bits per heavy atom. The molecule has 0 saturated heterocycles. The molecule has 2 aromatic rings. The maximum Gasteiger partial charge on any atom is 0.269 e. The van der Waals surface area contributed by atoms with Gasteiger partial charge in [-0.05, 0) is 62.5 Å². The number of hydrogen-bond donors (Lipinski definition) is 2. The van der Waals surface area contributed by atoms with Crippen LogP contribution >= 0.6 is 11.5 Å². The van der Waals surface area contributed by atoms with E-state index < -0.39 is 0 Å². The molecule has 0 fully saturated rings. The quantitative estimate of drug-likeness (QED) is 0.882. The van der Waals surface area contributed by atoms with Crippen molar-refractivity contribution in [2.24, 2.45) is 0 Å². The molecule has 0 spiro atoms. The largest absolute Gasteiger partial charge is 0.350 e. The molecule has 2 N–H and O–H groups in total. The maximum atomic E-state index is 12.2. The number of anilines is 1. The molecule has 0 aliphatic heterocycles. The van der Waals surface area contributed by atoms with Crippen LogP contribution in [0.2, 0.25) is 0 Å². The second kappa shape index (κ2) is 7.32. The number of amides is 2. The normalized spacial score (nSPS) is 11.8. The minimum Gasteiger partial charge on any atom is -0.350 e. The number of aryl methyl sites for hydroxylation is 2. The van der Waals surface area contributed by atoms with Gasteiger partial charge in [0, 0.05) is 17.3 Å².